The minimum absolute atomic E-state index is 0. The summed E-state index contributed by atoms with van der Waals surface area (Å²) in [6, 6.07) is 0. The summed E-state index contributed by atoms with van der Waals surface area (Å²) < 4.78 is 29.0. The van der Waals surface area contributed by atoms with Gasteiger partial charge in [-0.15, -0.1) is 0 Å². The Balaban J connectivity index is -0.0000000655. The summed E-state index contributed by atoms with van der Waals surface area (Å²) in [5, 5.41) is 0. The van der Waals surface area contributed by atoms with E-state index in [9.17, 15) is 28.4 Å². The molecule has 0 fully saturated rings. The van der Waals surface area contributed by atoms with Crippen molar-refractivity contribution in [3.05, 3.63) is 0 Å². The topological polar surface area (TPSA) is 120 Å². The molecule has 0 spiro atoms. The smallest absolute Gasteiger partial charge is 0.800 e. The molecule has 16 heavy (non-hydrogen) atoms. The summed E-state index contributed by atoms with van der Waals surface area (Å²) >= 11 is 0. The van der Waals surface area contributed by atoms with Crippen molar-refractivity contribution >= 4 is 22.1 Å². The molecule has 96 valence electrons. The average molecular weight is 418 g/mol. The van der Waals surface area contributed by atoms with E-state index in [0.717, 1.165) is 0 Å². The number of rotatable bonds is 0. The maximum absolute atomic E-state index is 9.66. The van der Waals surface area contributed by atoms with Gasteiger partial charge in [0.1, 0.15) is 0 Å². The first-order valence-corrected chi connectivity index (χ1v) is 11.3. The Morgan fingerprint density at radius 2 is 0.562 bits per heavy atom. The van der Waals surface area contributed by atoms with Gasteiger partial charge in [-0.25, -0.2) is 0 Å². The molecule has 0 aromatic rings. The van der Waals surface area contributed by atoms with E-state index in [0.29, 0.717) is 0 Å². The molecule has 0 aromatic carbocycles. The van der Waals surface area contributed by atoms with Crippen molar-refractivity contribution in [2.45, 2.75) is 0 Å². The van der Waals surface area contributed by atoms with Crippen LogP contribution in [0.25, 0.3) is 0 Å². The molecule has 0 radical (unpaired) electrons. The van der Waals surface area contributed by atoms with Crippen molar-refractivity contribution in [3.63, 3.8) is 0 Å². The van der Waals surface area contributed by atoms with Crippen LogP contribution in [0.1, 0.15) is 0 Å². The minimum Gasteiger partial charge on any atom is -0.800 e. The van der Waals surface area contributed by atoms with Gasteiger partial charge in [0.2, 0.25) is 0 Å². The third-order valence-corrected chi connectivity index (χ3v) is 0. The van der Waals surface area contributed by atoms with E-state index in [1.165, 1.54) is 40.0 Å². The normalized spacial score (nSPS) is 11.1. The van der Waals surface area contributed by atoms with Crippen LogP contribution < -0.4 is 14.7 Å². The molecule has 0 bridgehead atoms. The van der Waals surface area contributed by atoms with Gasteiger partial charge in [0.05, 0.1) is 0 Å². The number of hydrogen-bond acceptors (Lipinski definition) is 6. The first-order chi connectivity index (χ1) is 6.00. The van der Waals surface area contributed by atoms with Gasteiger partial charge in [-0.1, -0.05) is 0 Å². The van der Waals surface area contributed by atoms with E-state index in [4.69, 9.17) is 0 Å². The summed E-state index contributed by atoms with van der Waals surface area (Å²) in [4.78, 5) is 29.0. The monoisotopic (exact) mass is 418 g/mol. The molecule has 0 saturated carbocycles. The van der Waals surface area contributed by atoms with Gasteiger partial charge < -0.3 is 28.4 Å². The molecule has 0 rings (SSSR count). The van der Waals surface area contributed by atoms with E-state index in [1.807, 2.05) is 0 Å². The van der Waals surface area contributed by atoms with Crippen molar-refractivity contribution in [2.75, 3.05) is 40.0 Å². The van der Waals surface area contributed by atoms with Crippen molar-refractivity contribution in [2.24, 2.45) is 0 Å². The Kier molecular flexibility index (Phi) is 17.6. The molecule has 0 unspecified atom stereocenters. The van der Waals surface area contributed by atoms with Crippen LogP contribution in [0.5, 0.6) is 0 Å². The molecule has 6 nitrogen and oxygen atoms in total. The molecule has 0 heterocycles. The van der Waals surface area contributed by atoms with E-state index < -0.39 is 22.1 Å². The second-order valence-corrected chi connectivity index (χ2v) is 11.3. The van der Waals surface area contributed by atoms with Gasteiger partial charge in [0.25, 0.3) is 0 Å². The summed E-state index contributed by atoms with van der Waals surface area (Å²) in [5.41, 5.74) is 0. The second kappa shape index (κ2) is 10.7. The molecule has 10 heteroatoms. The maximum atomic E-state index is 9.66. The van der Waals surface area contributed by atoms with Crippen molar-refractivity contribution in [1.82, 2.24) is 0 Å². The first-order valence-electron chi connectivity index (χ1n) is 3.78. The fourth-order valence-corrected chi connectivity index (χ4v) is 0. The molecule has 0 amide bonds. The Morgan fingerprint density at radius 3 is 0.562 bits per heavy atom. The largest absolute Gasteiger partial charge is 3.00 e. The van der Waals surface area contributed by atoms with Gasteiger partial charge in [-0.05, 0) is 40.0 Å². The molecule has 0 N–H and O–H groups in total. The van der Waals surface area contributed by atoms with Gasteiger partial charge in [0.15, 0.2) is 0 Å². The third-order valence-electron chi connectivity index (χ3n) is 0. The quantitative estimate of drug-likeness (QED) is 0.497. The van der Waals surface area contributed by atoms with Crippen LogP contribution in [-0.4, -0.2) is 40.0 Å². The zero-order chi connectivity index (χ0) is 13.5. The van der Waals surface area contributed by atoms with Gasteiger partial charge in [-0.2, -0.15) is 0 Å². The first kappa shape index (κ1) is 26.4. The Labute approximate surface area is 125 Å². The van der Waals surface area contributed by atoms with Crippen LogP contribution in [0.3, 0.4) is 0 Å². The van der Waals surface area contributed by atoms with Crippen molar-refractivity contribution < 1.29 is 64.0 Å². The van der Waals surface area contributed by atoms with E-state index in [2.05, 4.69) is 0 Å². The molecule has 0 saturated heterocycles. The summed E-state index contributed by atoms with van der Waals surface area (Å²) in [7, 11) is -8.67. The maximum Gasteiger partial charge on any atom is 3.00 e. The Morgan fingerprint density at radius 1 is 0.562 bits per heavy atom. The van der Waals surface area contributed by atoms with Gasteiger partial charge in [0, 0.05) is 22.1 Å². The third kappa shape index (κ3) is 1100. The van der Waals surface area contributed by atoms with Crippen molar-refractivity contribution in [3.8, 4) is 0 Å². The van der Waals surface area contributed by atoms with Crippen LogP contribution in [0, 0.1) is 35.6 Å². The predicted molar refractivity (Wildman–Crippen MR) is 58.4 cm³/mol. The number of hydrogen-bond donors (Lipinski definition) is 0. The Hall–Kier alpha value is 1.76. The van der Waals surface area contributed by atoms with E-state index in [-0.39, 0.29) is 35.6 Å². The SMILES string of the molecule is CP(C)(=O)[O-].CP(C)(=O)[O-].CP(C)(=O)[O-].[La+3]. The zero-order valence-corrected chi connectivity index (χ0v) is 16.7. The second-order valence-electron chi connectivity index (χ2n) is 3.76. The molecular weight excluding hydrogens is 400 g/mol. The van der Waals surface area contributed by atoms with Crippen LogP contribution in [0.2, 0.25) is 0 Å². The van der Waals surface area contributed by atoms with Gasteiger partial charge >= 0.3 is 35.6 Å². The van der Waals surface area contributed by atoms with Crippen LogP contribution in [-0.2, 0) is 13.7 Å². The van der Waals surface area contributed by atoms with Crippen LogP contribution in [0.4, 0.5) is 0 Å². The van der Waals surface area contributed by atoms with Gasteiger partial charge in [-0.3, -0.25) is 0 Å². The molecule has 0 aliphatic heterocycles. The standard InChI is InChI=1S/3C2H7O2P.La/c3*1-5(2,3)4;/h3*1-2H3,(H,3,4);/q;;;+3/p-3. The summed E-state index contributed by atoms with van der Waals surface area (Å²) in [6.45, 7) is 7.12. The van der Waals surface area contributed by atoms with E-state index >= 15 is 0 Å². The molecule has 0 aliphatic carbocycles. The summed E-state index contributed by atoms with van der Waals surface area (Å²) in [6.07, 6.45) is 0. The fraction of sp³-hybridized carbons (Fsp3) is 1.00. The zero-order valence-electron chi connectivity index (χ0n) is 10.4. The minimum atomic E-state index is -2.89. The predicted octanol–water partition coefficient (Wildman–Crippen LogP) is -0.347. The molecule has 0 aliphatic rings. The Bertz CT molecular complexity index is 214. The van der Waals surface area contributed by atoms with Crippen molar-refractivity contribution in [1.29, 1.82) is 0 Å². The molecule has 0 aromatic heterocycles. The average Bonchev–Trinajstić information content (AvgIpc) is 1.41. The van der Waals surface area contributed by atoms with E-state index in [1.54, 1.807) is 0 Å². The molecule has 0 atom stereocenters. The molecular formula is C6H18LaO6P3. The summed E-state index contributed by atoms with van der Waals surface area (Å²) in [5.74, 6) is 0. The van der Waals surface area contributed by atoms with Crippen LogP contribution in [0.15, 0.2) is 0 Å². The fourth-order valence-electron chi connectivity index (χ4n) is 0. The van der Waals surface area contributed by atoms with Crippen LogP contribution >= 0.6 is 22.1 Å².